The third-order valence-corrected chi connectivity index (χ3v) is 6.17. The molecule has 0 saturated carbocycles. The van der Waals surface area contributed by atoms with Crippen molar-refractivity contribution in [2.75, 3.05) is 0 Å². The summed E-state index contributed by atoms with van der Waals surface area (Å²) in [7, 11) is 0. The van der Waals surface area contributed by atoms with Crippen molar-refractivity contribution >= 4 is 12.1 Å². The van der Waals surface area contributed by atoms with E-state index in [9.17, 15) is 19.1 Å². The van der Waals surface area contributed by atoms with Gasteiger partial charge < -0.3 is 29.1 Å². The van der Waals surface area contributed by atoms with E-state index in [-0.39, 0.29) is 24.7 Å². The van der Waals surface area contributed by atoms with Crippen molar-refractivity contribution < 1.29 is 37.7 Å². The summed E-state index contributed by atoms with van der Waals surface area (Å²) in [6.07, 6.45) is -1.21. The number of carboxylic acid groups (broad SMARTS) is 1. The number of hydrogen-bond acceptors (Lipinski definition) is 7. The van der Waals surface area contributed by atoms with E-state index in [1.807, 2.05) is 44.2 Å². The van der Waals surface area contributed by atoms with E-state index < -0.39 is 23.8 Å². The van der Waals surface area contributed by atoms with Gasteiger partial charge in [0.05, 0.1) is 0 Å². The van der Waals surface area contributed by atoms with Crippen LogP contribution in [0.15, 0.2) is 77.2 Å². The van der Waals surface area contributed by atoms with Crippen molar-refractivity contribution in [3.05, 3.63) is 101 Å². The smallest absolute Gasteiger partial charge is 0.407 e. The Hall–Kier alpha value is -4.86. The SMILES string of the molecule is Cc1oc(-c2ccccc2)nc1C(C)Oc1ccc(OC(C)(C)C(=O)O)c(COC(=O)NCc2ccc(F)cc2)c1. The number of hydrogen-bond donors (Lipinski definition) is 2. The number of carbonyl (C=O) groups excluding carboxylic acids is 1. The number of oxazole rings is 1. The van der Waals surface area contributed by atoms with E-state index in [1.54, 1.807) is 30.3 Å². The molecule has 10 heteroatoms. The predicted molar refractivity (Wildman–Crippen MR) is 148 cm³/mol. The number of halogens is 1. The summed E-state index contributed by atoms with van der Waals surface area (Å²) in [6.45, 7) is 6.38. The third-order valence-electron chi connectivity index (χ3n) is 6.17. The molecule has 1 unspecified atom stereocenters. The zero-order valence-electron chi connectivity index (χ0n) is 23.1. The van der Waals surface area contributed by atoms with Crippen LogP contribution in [0, 0.1) is 12.7 Å². The van der Waals surface area contributed by atoms with Gasteiger partial charge in [0, 0.05) is 17.7 Å². The second-order valence-electron chi connectivity index (χ2n) is 9.83. The number of carbonyl (C=O) groups is 2. The number of amides is 1. The van der Waals surface area contributed by atoms with Crippen LogP contribution in [0.3, 0.4) is 0 Å². The van der Waals surface area contributed by atoms with Crippen molar-refractivity contribution in [2.45, 2.75) is 52.6 Å². The van der Waals surface area contributed by atoms with Crippen LogP contribution in [-0.2, 0) is 22.7 Å². The van der Waals surface area contributed by atoms with Gasteiger partial charge in [0.25, 0.3) is 0 Å². The monoisotopic (exact) mass is 562 g/mol. The lowest BCUT2D eigenvalue weighted by Gasteiger charge is -2.24. The van der Waals surface area contributed by atoms with Gasteiger partial charge >= 0.3 is 12.1 Å². The summed E-state index contributed by atoms with van der Waals surface area (Å²) in [6, 6.07) is 20.0. The standard InChI is InChI=1S/C31H31FN2O7/c1-19(27-20(2)40-28(34-27)22-8-6-5-7-9-22)39-25-14-15-26(41-31(3,4)29(35)36)23(16-25)18-38-30(37)33-17-21-10-12-24(32)13-11-21/h5-16,19H,17-18H2,1-4H3,(H,33,37)(H,35,36). The first-order valence-corrected chi connectivity index (χ1v) is 12.9. The minimum Gasteiger partial charge on any atom is -0.484 e. The van der Waals surface area contributed by atoms with Gasteiger partial charge in [-0.1, -0.05) is 30.3 Å². The molecule has 0 radical (unpaired) electrons. The molecule has 2 N–H and O–H groups in total. The highest BCUT2D eigenvalue weighted by molar-refractivity contribution is 5.77. The first kappa shape index (κ1) is 29.1. The Morgan fingerprint density at radius 2 is 1.78 bits per heavy atom. The Morgan fingerprint density at radius 1 is 1.07 bits per heavy atom. The van der Waals surface area contributed by atoms with E-state index in [2.05, 4.69) is 10.3 Å². The van der Waals surface area contributed by atoms with Gasteiger partial charge in [-0.3, -0.25) is 0 Å². The molecule has 0 fully saturated rings. The second-order valence-corrected chi connectivity index (χ2v) is 9.83. The van der Waals surface area contributed by atoms with Crippen molar-refractivity contribution in [3.63, 3.8) is 0 Å². The van der Waals surface area contributed by atoms with E-state index in [0.29, 0.717) is 34.2 Å². The molecule has 3 aromatic carbocycles. The van der Waals surface area contributed by atoms with Gasteiger partial charge in [0.15, 0.2) is 5.60 Å². The second kappa shape index (κ2) is 12.5. The maximum atomic E-state index is 13.1. The number of aromatic nitrogens is 1. The highest BCUT2D eigenvalue weighted by atomic mass is 19.1. The molecule has 41 heavy (non-hydrogen) atoms. The molecule has 1 amide bonds. The maximum absolute atomic E-state index is 13.1. The normalized spacial score (nSPS) is 11.9. The van der Waals surface area contributed by atoms with Gasteiger partial charge in [-0.05, 0) is 75.7 Å². The van der Waals surface area contributed by atoms with Gasteiger partial charge in [-0.2, -0.15) is 0 Å². The fourth-order valence-corrected chi connectivity index (χ4v) is 3.88. The first-order chi connectivity index (χ1) is 19.5. The summed E-state index contributed by atoms with van der Waals surface area (Å²) >= 11 is 0. The van der Waals surface area contributed by atoms with Crippen LogP contribution in [0.1, 0.15) is 49.5 Å². The Kier molecular flexibility index (Phi) is 8.91. The van der Waals surface area contributed by atoms with Crippen molar-refractivity contribution in [2.24, 2.45) is 0 Å². The van der Waals surface area contributed by atoms with Crippen molar-refractivity contribution in [3.8, 4) is 23.0 Å². The molecule has 1 heterocycles. The molecular weight excluding hydrogens is 531 g/mol. The third kappa shape index (κ3) is 7.63. The quantitative estimate of drug-likeness (QED) is 0.210. The Morgan fingerprint density at radius 3 is 2.46 bits per heavy atom. The molecule has 0 aliphatic heterocycles. The topological polar surface area (TPSA) is 120 Å². The average molecular weight is 563 g/mol. The molecule has 0 spiro atoms. The molecule has 214 valence electrons. The van der Waals surface area contributed by atoms with Crippen LogP contribution < -0.4 is 14.8 Å². The molecule has 4 rings (SSSR count). The van der Waals surface area contributed by atoms with Crippen molar-refractivity contribution in [1.82, 2.24) is 10.3 Å². The van der Waals surface area contributed by atoms with Gasteiger partial charge in [-0.15, -0.1) is 0 Å². The minimum absolute atomic E-state index is 0.136. The molecular formula is C31H31FN2O7. The fraction of sp³-hybridized carbons (Fsp3) is 0.258. The van der Waals surface area contributed by atoms with Gasteiger partial charge in [0.2, 0.25) is 5.89 Å². The summed E-state index contributed by atoms with van der Waals surface area (Å²) < 4.78 is 36.2. The summed E-state index contributed by atoms with van der Waals surface area (Å²) in [5.41, 5.74) is 1.00. The molecule has 9 nitrogen and oxygen atoms in total. The number of nitrogens with zero attached hydrogens (tertiary/aromatic N) is 1. The average Bonchev–Trinajstić information content (AvgIpc) is 3.34. The number of nitrogens with one attached hydrogen (secondary N) is 1. The summed E-state index contributed by atoms with van der Waals surface area (Å²) in [5.74, 6) is 0.195. The number of ether oxygens (including phenoxy) is 3. The predicted octanol–water partition coefficient (Wildman–Crippen LogP) is 6.60. The van der Waals surface area contributed by atoms with Gasteiger partial charge in [-0.25, -0.2) is 19.0 Å². The van der Waals surface area contributed by atoms with E-state index in [0.717, 1.165) is 5.56 Å². The van der Waals surface area contributed by atoms with Crippen LogP contribution in [0.25, 0.3) is 11.5 Å². The Bertz CT molecular complexity index is 1500. The summed E-state index contributed by atoms with van der Waals surface area (Å²) in [5, 5.41) is 12.1. The van der Waals surface area contributed by atoms with Crippen LogP contribution >= 0.6 is 0 Å². The van der Waals surface area contributed by atoms with Crippen LogP contribution in [0.4, 0.5) is 9.18 Å². The Labute approximate surface area is 236 Å². The zero-order chi connectivity index (χ0) is 29.6. The number of benzene rings is 3. The van der Waals surface area contributed by atoms with E-state index in [4.69, 9.17) is 18.6 Å². The lowest BCUT2D eigenvalue weighted by molar-refractivity contribution is -0.152. The highest BCUT2D eigenvalue weighted by Gasteiger charge is 2.30. The fourth-order valence-electron chi connectivity index (χ4n) is 3.88. The summed E-state index contributed by atoms with van der Waals surface area (Å²) in [4.78, 5) is 28.7. The maximum Gasteiger partial charge on any atom is 0.407 e. The number of aliphatic carboxylic acids is 1. The molecule has 0 aliphatic carbocycles. The number of alkyl carbamates (subject to hydrolysis) is 1. The zero-order valence-corrected chi connectivity index (χ0v) is 23.1. The number of rotatable bonds is 11. The highest BCUT2D eigenvalue weighted by Crippen LogP contribution is 2.32. The van der Waals surface area contributed by atoms with Crippen molar-refractivity contribution in [1.29, 1.82) is 0 Å². The minimum atomic E-state index is -1.54. The molecule has 0 saturated heterocycles. The van der Waals surface area contributed by atoms with Crippen LogP contribution in [0.5, 0.6) is 11.5 Å². The largest absolute Gasteiger partial charge is 0.484 e. The lowest BCUT2D eigenvalue weighted by Crippen LogP contribution is -2.38. The molecule has 1 atom stereocenters. The van der Waals surface area contributed by atoms with E-state index in [1.165, 1.54) is 26.0 Å². The molecule has 0 bridgehead atoms. The van der Waals surface area contributed by atoms with Crippen LogP contribution in [0.2, 0.25) is 0 Å². The molecule has 0 aliphatic rings. The van der Waals surface area contributed by atoms with E-state index >= 15 is 0 Å². The lowest BCUT2D eigenvalue weighted by atomic mass is 10.1. The first-order valence-electron chi connectivity index (χ1n) is 12.9. The Balaban J connectivity index is 1.49. The van der Waals surface area contributed by atoms with Crippen LogP contribution in [-0.4, -0.2) is 27.8 Å². The van der Waals surface area contributed by atoms with Gasteiger partial charge in [0.1, 0.15) is 41.5 Å². The molecule has 1 aromatic heterocycles. The number of aryl methyl sites for hydroxylation is 1. The number of carboxylic acids is 1. The molecule has 4 aromatic rings.